The quantitative estimate of drug-likeness (QED) is 0.738. The number of para-hydroxylation sites is 1. The molecule has 7 heteroatoms. The molecule has 0 aliphatic carbocycles. The Morgan fingerprint density at radius 2 is 1.90 bits per heavy atom. The molecule has 21 heavy (non-hydrogen) atoms. The maximum atomic E-state index is 11.6. The minimum atomic E-state index is -0.319. The molecule has 116 valence electrons. The molecule has 2 N–H and O–H groups in total. The average Bonchev–Trinajstić information content (AvgIpc) is 2.44. The fraction of sp³-hybridized carbons (Fsp3) is 0.429. The molecule has 0 heterocycles. The second-order valence-electron chi connectivity index (χ2n) is 4.55. The summed E-state index contributed by atoms with van der Waals surface area (Å²) in [5, 5.41) is 0. The number of nitrogens with zero attached hydrogens (tertiary/aromatic N) is 1. The number of rotatable bonds is 6. The summed E-state index contributed by atoms with van der Waals surface area (Å²) in [7, 11) is 4.95. The van der Waals surface area contributed by atoms with Gasteiger partial charge in [0.25, 0.3) is 5.91 Å². The Bertz CT molecular complexity index is 505. The standard InChI is InChI=1S/C14H21N3O4/c1-10(18)15-16-13(19)9-17(2)8-11-6-5-7-12(20-3)14(11)21-4/h5-7H,8-9H2,1-4H3,(H,15,18)(H,16,19). The monoisotopic (exact) mass is 295 g/mol. The normalized spacial score (nSPS) is 10.1. The van der Waals surface area contributed by atoms with Crippen molar-refractivity contribution in [3.8, 4) is 11.5 Å². The van der Waals surface area contributed by atoms with Gasteiger partial charge in [-0.3, -0.25) is 25.3 Å². The highest BCUT2D eigenvalue weighted by molar-refractivity contribution is 5.81. The number of benzene rings is 1. The van der Waals surface area contributed by atoms with Crippen LogP contribution in [0.1, 0.15) is 12.5 Å². The maximum absolute atomic E-state index is 11.6. The molecule has 7 nitrogen and oxygen atoms in total. The predicted octanol–water partition coefficient (Wildman–Crippen LogP) is 0.303. The first-order chi connectivity index (χ1) is 9.97. The average molecular weight is 295 g/mol. The lowest BCUT2D eigenvalue weighted by atomic mass is 10.1. The Hall–Kier alpha value is -2.28. The molecule has 1 aromatic carbocycles. The molecule has 0 aliphatic rings. The molecule has 1 rings (SSSR count). The van der Waals surface area contributed by atoms with E-state index in [4.69, 9.17) is 9.47 Å². The number of methoxy groups -OCH3 is 2. The fourth-order valence-corrected chi connectivity index (χ4v) is 1.87. The first kappa shape index (κ1) is 16.8. The number of carbonyl (C=O) groups is 2. The van der Waals surface area contributed by atoms with Crippen LogP contribution in [0, 0.1) is 0 Å². The van der Waals surface area contributed by atoms with Crippen molar-refractivity contribution in [2.24, 2.45) is 0 Å². The number of nitrogens with one attached hydrogen (secondary N) is 2. The van der Waals surface area contributed by atoms with Crippen LogP contribution in [0.4, 0.5) is 0 Å². The van der Waals surface area contributed by atoms with Crippen LogP contribution in [0.5, 0.6) is 11.5 Å². The van der Waals surface area contributed by atoms with Gasteiger partial charge in [-0.05, 0) is 13.1 Å². The third kappa shape index (κ3) is 5.31. The summed E-state index contributed by atoms with van der Waals surface area (Å²) >= 11 is 0. The van der Waals surface area contributed by atoms with Gasteiger partial charge >= 0.3 is 0 Å². The molecule has 0 aliphatic heterocycles. The van der Waals surface area contributed by atoms with Gasteiger partial charge < -0.3 is 9.47 Å². The van der Waals surface area contributed by atoms with Crippen molar-refractivity contribution in [1.29, 1.82) is 0 Å². The number of hydrogen-bond donors (Lipinski definition) is 2. The number of carbonyl (C=O) groups excluding carboxylic acids is 2. The van der Waals surface area contributed by atoms with E-state index < -0.39 is 0 Å². The van der Waals surface area contributed by atoms with Gasteiger partial charge in [0.15, 0.2) is 11.5 Å². The molecule has 0 bridgehead atoms. The van der Waals surface area contributed by atoms with E-state index in [0.717, 1.165) is 5.56 Å². The smallest absolute Gasteiger partial charge is 0.252 e. The number of hydrogen-bond acceptors (Lipinski definition) is 5. The molecule has 0 fully saturated rings. The number of ether oxygens (including phenoxy) is 2. The summed E-state index contributed by atoms with van der Waals surface area (Å²) in [6.07, 6.45) is 0. The van der Waals surface area contributed by atoms with E-state index in [1.54, 1.807) is 26.2 Å². The SMILES string of the molecule is COc1cccc(CN(C)CC(=O)NNC(C)=O)c1OC. The Balaban J connectivity index is 2.64. The summed E-state index contributed by atoms with van der Waals surface area (Å²) < 4.78 is 10.6. The molecule has 0 atom stereocenters. The summed E-state index contributed by atoms with van der Waals surface area (Å²) in [5.41, 5.74) is 5.47. The second kappa shape index (κ2) is 8.11. The van der Waals surface area contributed by atoms with E-state index in [1.807, 2.05) is 18.2 Å². The number of hydrazine groups is 1. The van der Waals surface area contributed by atoms with Crippen molar-refractivity contribution >= 4 is 11.8 Å². The highest BCUT2D eigenvalue weighted by Gasteiger charge is 2.13. The van der Waals surface area contributed by atoms with Crippen LogP contribution >= 0.6 is 0 Å². The third-order valence-corrected chi connectivity index (χ3v) is 2.72. The van der Waals surface area contributed by atoms with Gasteiger partial charge in [-0.1, -0.05) is 12.1 Å². The molecule has 0 radical (unpaired) electrons. The predicted molar refractivity (Wildman–Crippen MR) is 77.8 cm³/mol. The molecule has 0 saturated carbocycles. The third-order valence-electron chi connectivity index (χ3n) is 2.72. The minimum absolute atomic E-state index is 0.140. The van der Waals surface area contributed by atoms with Gasteiger partial charge in [-0.15, -0.1) is 0 Å². The van der Waals surface area contributed by atoms with Gasteiger partial charge in [0.05, 0.1) is 20.8 Å². The molecule has 0 spiro atoms. The molecule has 1 aromatic rings. The van der Waals surface area contributed by atoms with Crippen molar-refractivity contribution in [2.75, 3.05) is 27.8 Å². The van der Waals surface area contributed by atoms with Crippen LogP contribution in [0.15, 0.2) is 18.2 Å². The summed E-state index contributed by atoms with van der Waals surface area (Å²) in [4.78, 5) is 24.1. The Morgan fingerprint density at radius 1 is 1.19 bits per heavy atom. The number of likely N-dealkylation sites (N-methyl/N-ethyl adjacent to an activating group) is 1. The van der Waals surface area contributed by atoms with E-state index in [0.29, 0.717) is 18.0 Å². The minimum Gasteiger partial charge on any atom is -0.493 e. The molecule has 0 unspecified atom stereocenters. The first-order valence-electron chi connectivity index (χ1n) is 6.41. The van der Waals surface area contributed by atoms with Crippen molar-refractivity contribution in [3.63, 3.8) is 0 Å². The topological polar surface area (TPSA) is 79.9 Å². The van der Waals surface area contributed by atoms with Crippen molar-refractivity contribution in [3.05, 3.63) is 23.8 Å². The highest BCUT2D eigenvalue weighted by atomic mass is 16.5. The van der Waals surface area contributed by atoms with Gasteiger partial charge in [0, 0.05) is 19.0 Å². The van der Waals surface area contributed by atoms with Gasteiger partial charge in [-0.25, -0.2) is 0 Å². The zero-order valence-electron chi connectivity index (χ0n) is 12.7. The Kier molecular flexibility index (Phi) is 6.48. The van der Waals surface area contributed by atoms with Crippen LogP contribution in [-0.2, 0) is 16.1 Å². The highest BCUT2D eigenvalue weighted by Crippen LogP contribution is 2.31. The fourth-order valence-electron chi connectivity index (χ4n) is 1.87. The van der Waals surface area contributed by atoms with E-state index in [2.05, 4.69) is 10.9 Å². The molecular formula is C14H21N3O4. The van der Waals surface area contributed by atoms with Crippen LogP contribution in [0.3, 0.4) is 0 Å². The van der Waals surface area contributed by atoms with Gasteiger partial charge in [0.2, 0.25) is 5.91 Å². The zero-order chi connectivity index (χ0) is 15.8. The summed E-state index contributed by atoms with van der Waals surface area (Å²) in [5.74, 6) is 0.676. The lowest BCUT2D eigenvalue weighted by Crippen LogP contribution is -2.44. The second-order valence-corrected chi connectivity index (χ2v) is 4.55. The van der Waals surface area contributed by atoms with Crippen molar-refractivity contribution in [2.45, 2.75) is 13.5 Å². The lowest BCUT2D eigenvalue weighted by Gasteiger charge is -2.19. The Labute approximate surface area is 124 Å². The lowest BCUT2D eigenvalue weighted by molar-refractivity contribution is -0.128. The summed E-state index contributed by atoms with van der Waals surface area (Å²) in [6, 6.07) is 5.58. The van der Waals surface area contributed by atoms with Crippen LogP contribution in [0.2, 0.25) is 0 Å². The Morgan fingerprint density at radius 3 is 2.48 bits per heavy atom. The summed E-state index contributed by atoms with van der Waals surface area (Å²) in [6.45, 7) is 1.97. The van der Waals surface area contributed by atoms with Gasteiger partial charge in [-0.2, -0.15) is 0 Å². The molecular weight excluding hydrogens is 274 g/mol. The van der Waals surface area contributed by atoms with Crippen molar-refractivity contribution < 1.29 is 19.1 Å². The van der Waals surface area contributed by atoms with E-state index in [-0.39, 0.29) is 18.4 Å². The first-order valence-corrected chi connectivity index (χ1v) is 6.41. The van der Waals surface area contributed by atoms with Crippen LogP contribution < -0.4 is 20.3 Å². The van der Waals surface area contributed by atoms with E-state index in [9.17, 15) is 9.59 Å². The number of amides is 2. The molecule has 0 aromatic heterocycles. The van der Waals surface area contributed by atoms with Gasteiger partial charge in [0.1, 0.15) is 0 Å². The van der Waals surface area contributed by atoms with Crippen LogP contribution in [-0.4, -0.2) is 44.5 Å². The maximum Gasteiger partial charge on any atom is 0.252 e. The van der Waals surface area contributed by atoms with E-state index >= 15 is 0 Å². The zero-order valence-corrected chi connectivity index (χ0v) is 12.7. The van der Waals surface area contributed by atoms with Crippen molar-refractivity contribution in [1.82, 2.24) is 15.8 Å². The largest absolute Gasteiger partial charge is 0.493 e. The van der Waals surface area contributed by atoms with E-state index in [1.165, 1.54) is 6.92 Å². The molecule has 0 saturated heterocycles. The molecule has 2 amide bonds. The van der Waals surface area contributed by atoms with Crippen LogP contribution in [0.25, 0.3) is 0 Å².